The van der Waals surface area contributed by atoms with E-state index in [0.29, 0.717) is 49.8 Å². The zero-order valence-electron chi connectivity index (χ0n) is 14.2. The highest BCUT2D eigenvalue weighted by atomic mass is 16.5. The summed E-state index contributed by atoms with van der Waals surface area (Å²) in [6.45, 7) is 9.13. The molecule has 0 aliphatic carbocycles. The first-order valence-corrected chi connectivity index (χ1v) is 8.15. The fraction of sp³-hybridized carbons (Fsp3) is 0.444. The van der Waals surface area contributed by atoms with Crippen molar-refractivity contribution in [2.45, 2.75) is 26.3 Å². The van der Waals surface area contributed by atoms with Gasteiger partial charge < -0.3 is 19.7 Å². The maximum Gasteiger partial charge on any atom is 0.254 e. The first-order chi connectivity index (χ1) is 11.6. The van der Waals surface area contributed by atoms with Crippen LogP contribution in [0.15, 0.2) is 30.9 Å². The van der Waals surface area contributed by atoms with Crippen molar-refractivity contribution in [3.8, 4) is 11.5 Å². The van der Waals surface area contributed by atoms with Crippen LogP contribution < -0.4 is 14.8 Å². The Bertz CT molecular complexity index is 615. The highest BCUT2D eigenvalue weighted by Gasteiger charge is 2.26. The number of amides is 2. The lowest BCUT2D eigenvalue weighted by atomic mass is 10.1. The molecule has 1 aliphatic heterocycles. The zero-order valence-corrected chi connectivity index (χ0v) is 14.2. The fourth-order valence-electron chi connectivity index (χ4n) is 2.55. The number of hydrogen-bond donors (Lipinski definition) is 1. The molecule has 1 fully saturated rings. The molecule has 0 spiro atoms. The van der Waals surface area contributed by atoms with E-state index >= 15 is 0 Å². The van der Waals surface area contributed by atoms with Crippen molar-refractivity contribution in [1.29, 1.82) is 0 Å². The van der Waals surface area contributed by atoms with Gasteiger partial charge in [0.15, 0.2) is 11.5 Å². The molecule has 1 aromatic carbocycles. The number of ether oxygens (including phenoxy) is 2. The highest BCUT2D eigenvalue weighted by molar-refractivity contribution is 5.95. The molecular weight excluding hydrogens is 308 g/mol. The summed E-state index contributed by atoms with van der Waals surface area (Å²) in [7, 11) is 0. The van der Waals surface area contributed by atoms with Gasteiger partial charge in [-0.05, 0) is 32.0 Å². The van der Waals surface area contributed by atoms with Crippen molar-refractivity contribution >= 4 is 11.8 Å². The van der Waals surface area contributed by atoms with Gasteiger partial charge in [-0.15, -0.1) is 0 Å². The monoisotopic (exact) mass is 332 g/mol. The SMILES string of the molecule is C=CCOc1ccc(C(=O)N2CCC(=O)NCC2C)cc1OCC. The van der Waals surface area contributed by atoms with Crippen LogP contribution in [0.25, 0.3) is 0 Å². The number of nitrogens with zero attached hydrogens (tertiary/aromatic N) is 1. The van der Waals surface area contributed by atoms with Crippen molar-refractivity contribution in [2.75, 3.05) is 26.3 Å². The van der Waals surface area contributed by atoms with E-state index < -0.39 is 0 Å². The first-order valence-electron chi connectivity index (χ1n) is 8.15. The van der Waals surface area contributed by atoms with Crippen LogP contribution in [-0.4, -0.2) is 49.1 Å². The van der Waals surface area contributed by atoms with Gasteiger partial charge in [-0.3, -0.25) is 9.59 Å². The van der Waals surface area contributed by atoms with E-state index in [1.165, 1.54) is 0 Å². The molecule has 24 heavy (non-hydrogen) atoms. The summed E-state index contributed by atoms with van der Waals surface area (Å²) in [6.07, 6.45) is 1.96. The van der Waals surface area contributed by atoms with Gasteiger partial charge in [0.25, 0.3) is 5.91 Å². The van der Waals surface area contributed by atoms with Crippen LogP contribution in [0.5, 0.6) is 11.5 Å². The lowest BCUT2D eigenvalue weighted by molar-refractivity contribution is -0.120. The van der Waals surface area contributed by atoms with Gasteiger partial charge in [-0.2, -0.15) is 0 Å². The number of hydrogen-bond acceptors (Lipinski definition) is 4. The van der Waals surface area contributed by atoms with Crippen molar-refractivity contribution in [2.24, 2.45) is 0 Å². The maximum absolute atomic E-state index is 12.8. The minimum absolute atomic E-state index is 0.0275. The Labute approximate surface area is 142 Å². The van der Waals surface area contributed by atoms with E-state index in [2.05, 4.69) is 11.9 Å². The number of rotatable bonds is 6. The lowest BCUT2D eigenvalue weighted by Gasteiger charge is -2.26. The van der Waals surface area contributed by atoms with E-state index in [1.807, 2.05) is 13.8 Å². The third kappa shape index (κ3) is 4.28. The van der Waals surface area contributed by atoms with Gasteiger partial charge in [0, 0.05) is 31.1 Å². The van der Waals surface area contributed by atoms with Crippen LogP contribution in [0, 0.1) is 0 Å². The largest absolute Gasteiger partial charge is 0.490 e. The van der Waals surface area contributed by atoms with Crippen LogP contribution in [0.1, 0.15) is 30.6 Å². The Hall–Kier alpha value is -2.50. The van der Waals surface area contributed by atoms with Gasteiger partial charge in [0.2, 0.25) is 5.91 Å². The van der Waals surface area contributed by atoms with E-state index in [1.54, 1.807) is 29.2 Å². The second kappa shape index (κ2) is 8.38. The molecule has 6 nitrogen and oxygen atoms in total. The fourth-order valence-corrected chi connectivity index (χ4v) is 2.55. The Morgan fingerprint density at radius 3 is 2.92 bits per heavy atom. The van der Waals surface area contributed by atoms with E-state index in [9.17, 15) is 9.59 Å². The summed E-state index contributed by atoms with van der Waals surface area (Å²) in [5, 5.41) is 2.81. The number of carbonyl (C=O) groups excluding carboxylic acids is 2. The third-order valence-corrected chi connectivity index (χ3v) is 3.81. The molecule has 1 saturated heterocycles. The molecule has 0 aromatic heterocycles. The van der Waals surface area contributed by atoms with Gasteiger partial charge >= 0.3 is 0 Å². The standard InChI is InChI=1S/C18H24N2O4/c1-4-10-24-15-7-6-14(11-16(15)23-5-2)18(22)20-9-8-17(21)19-12-13(20)3/h4,6-7,11,13H,1,5,8-10,12H2,2-3H3,(H,19,21). The van der Waals surface area contributed by atoms with Crippen LogP contribution in [-0.2, 0) is 4.79 Å². The van der Waals surface area contributed by atoms with Crippen molar-refractivity contribution in [3.63, 3.8) is 0 Å². The Balaban J connectivity index is 2.23. The van der Waals surface area contributed by atoms with Crippen molar-refractivity contribution in [3.05, 3.63) is 36.4 Å². The molecule has 2 amide bonds. The molecule has 1 aromatic rings. The van der Waals surface area contributed by atoms with E-state index in [-0.39, 0.29) is 17.9 Å². The molecular formula is C18H24N2O4. The molecule has 1 heterocycles. The molecule has 6 heteroatoms. The normalized spacial score (nSPS) is 17.7. The smallest absolute Gasteiger partial charge is 0.254 e. The van der Waals surface area contributed by atoms with Gasteiger partial charge in [0.1, 0.15) is 6.61 Å². The number of carbonyl (C=O) groups is 2. The third-order valence-electron chi connectivity index (χ3n) is 3.81. The van der Waals surface area contributed by atoms with Crippen molar-refractivity contribution < 1.29 is 19.1 Å². The average molecular weight is 332 g/mol. The minimum atomic E-state index is -0.116. The van der Waals surface area contributed by atoms with E-state index in [0.717, 1.165) is 0 Å². The quantitative estimate of drug-likeness (QED) is 0.809. The average Bonchev–Trinajstić information content (AvgIpc) is 2.75. The Morgan fingerprint density at radius 1 is 1.42 bits per heavy atom. The molecule has 1 N–H and O–H groups in total. The Morgan fingerprint density at radius 2 is 2.21 bits per heavy atom. The molecule has 1 aliphatic rings. The number of benzene rings is 1. The molecule has 1 atom stereocenters. The summed E-state index contributed by atoms with van der Waals surface area (Å²) in [5.41, 5.74) is 0.519. The second-order valence-corrected chi connectivity index (χ2v) is 5.60. The summed E-state index contributed by atoms with van der Waals surface area (Å²) >= 11 is 0. The van der Waals surface area contributed by atoms with Gasteiger partial charge in [-0.1, -0.05) is 12.7 Å². The molecule has 2 rings (SSSR count). The summed E-state index contributed by atoms with van der Waals surface area (Å²) in [6, 6.07) is 5.08. The summed E-state index contributed by atoms with van der Waals surface area (Å²) < 4.78 is 11.1. The molecule has 0 bridgehead atoms. The van der Waals surface area contributed by atoms with Crippen molar-refractivity contribution in [1.82, 2.24) is 10.2 Å². The summed E-state index contributed by atoms with van der Waals surface area (Å²) in [5.74, 6) is 0.964. The van der Waals surface area contributed by atoms with Gasteiger partial charge in [0.05, 0.1) is 6.61 Å². The number of nitrogens with one attached hydrogen (secondary N) is 1. The summed E-state index contributed by atoms with van der Waals surface area (Å²) in [4.78, 5) is 26.1. The van der Waals surface area contributed by atoms with E-state index in [4.69, 9.17) is 9.47 Å². The maximum atomic E-state index is 12.8. The Kier molecular flexibility index (Phi) is 6.23. The zero-order chi connectivity index (χ0) is 17.5. The van der Waals surface area contributed by atoms with Crippen LogP contribution in [0.4, 0.5) is 0 Å². The topological polar surface area (TPSA) is 67.9 Å². The molecule has 1 unspecified atom stereocenters. The highest BCUT2D eigenvalue weighted by Crippen LogP contribution is 2.29. The minimum Gasteiger partial charge on any atom is -0.490 e. The van der Waals surface area contributed by atoms with Crippen LogP contribution >= 0.6 is 0 Å². The molecule has 0 radical (unpaired) electrons. The molecule has 0 saturated carbocycles. The van der Waals surface area contributed by atoms with Crippen LogP contribution in [0.2, 0.25) is 0 Å². The second-order valence-electron chi connectivity index (χ2n) is 5.60. The molecule has 130 valence electrons. The lowest BCUT2D eigenvalue weighted by Crippen LogP contribution is -2.41. The van der Waals surface area contributed by atoms with Crippen LogP contribution in [0.3, 0.4) is 0 Å². The predicted molar refractivity (Wildman–Crippen MR) is 91.4 cm³/mol. The first kappa shape index (κ1) is 17.8. The van der Waals surface area contributed by atoms with Gasteiger partial charge in [-0.25, -0.2) is 0 Å². The predicted octanol–water partition coefficient (Wildman–Crippen LogP) is 2.00.